The van der Waals surface area contributed by atoms with Crippen molar-refractivity contribution in [3.63, 3.8) is 0 Å². The Balaban J connectivity index is 2.85. The van der Waals surface area contributed by atoms with Gasteiger partial charge in [-0.15, -0.1) is 0 Å². The standard InChI is InChI=1S/C10H11NO3/c1-2-14-10(11-13)9(12)8-6-4-3-5-7-8/h3-7,13H,2H2,1H3. The fourth-order valence-electron chi connectivity index (χ4n) is 0.990. The third-order valence-electron chi connectivity index (χ3n) is 1.60. The van der Waals surface area contributed by atoms with Crippen LogP contribution in [0.4, 0.5) is 0 Å². The number of ketones is 1. The Hall–Kier alpha value is -1.84. The van der Waals surface area contributed by atoms with E-state index in [0.717, 1.165) is 0 Å². The summed E-state index contributed by atoms with van der Waals surface area (Å²) in [7, 11) is 0. The molecule has 1 N–H and O–H groups in total. The lowest BCUT2D eigenvalue weighted by Gasteiger charge is -2.03. The average Bonchev–Trinajstić information content (AvgIpc) is 2.26. The molecule has 0 radical (unpaired) electrons. The van der Waals surface area contributed by atoms with Gasteiger partial charge in [0.15, 0.2) is 0 Å². The first kappa shape index (κ1) is 10.2. The minimum atomic E-state index is -0.421. The topological polar surface area (TPSA) is 58.9 Å². The van der Waals surface area contributed by atoms with Crippen molar-refractivity contribution in [2.45, 2.75) is 6.92 Å². The van der Waals surface area contributed by atoms with Crippen molar-refractivity contribution in [1.82, 2.24) is 0 Å². The summed E-state index contributed by atoms with van der Waals surface area (Å²) in [6.07, 6.45) is 0. The first-order chi connectivity index (χ1) is 6.79. The van der Waals surface area contributed by atoms with Crippen LogP contribution in [0, 0.1) is 0 Å². The van der Waals surface area contributed by atoms with Crippen molar-refractivity contribution in [2.75, 3.05) is 6.61 Å². The summed E-state index contributed by atoms with van der Waals surface area (Å²) in [5, 5.41) is 11.3. The van der Waals surface area contributed by atoms with Crippen LogP contribution in [0.25, 0.3) is 0 Å². The van der Waals surface area contributed by atoms with Crippen LogP contribution in [0.5, 0.6) is 0 Å². The third-order valence-corrected chi connectivity index (χ3v) is 1.60. The second-order valence-corrected chi connectivity index (χ2v) is 2.53. The zero-order valence-corrected chi connectivity index (χ0v) is 7.80. The monoisotopic (exact) mass is 193 g/mol. The highest BCUT2D eigenvalue weighted by atomic mass is 16.5. The lowest BCUT2D eigenvalue weighted by molar-refractivity contribution is 0.102. The number of hydrogen-bond donors (Lipinski definition) is 1. The van der Waals surface area contributed by atoms with Crippen molar-refractivity contribution < 1.29 is 14.7 Å². The lowest BCUT2D eigenvalue weighted by Crippen LogP contribution is -2.17. The van der Waals surface area contributed by atoms with E-state index in [1.807, 2.05) is 0 Å². The van der Waals surface area contributed by atoms with E-state index in [-0.39, 0.29) is 12.5 Å². The molecular formula is C10H11NO3. The number of oxime groups is 1. The van der Waals surface area contributed by atoms with Crippen LogP contribution in [0.15, 0.2) is 35.5 Å². The normalized spacial score (nSPS) is 11.1. The maximum Gasteiger partial charge on any atom is 0.299 e. The molecule has 4 heteroatoms. The summed E-state index contributed by atoms with van der Waals surface area (Å²) in [5.41, 5.74) is 0.439. The van der Waals surface area contributed by atoms with Gasteiger partial charge in [0.1, 0.15) is 0 Å². The average molecular weight is 193 g/mol. The Bertz CT molecular complexity index is 332. The molecule has 14 heavy (non-hydrogen) atoms. The number of ether oxygens (including phenoxy) is 1. The van der Waals surface area contributed by atoms with Gasteiger partial charge in [0.25, 0.3) is 11.7 Å². The van der Waals surface area contributed by atoms with E-state index in [9.17, 15) is 4.79 Å². The van der Waals surface area contributed by atoms with Gasteiger partial charge in [-0.3, -0.25) is 4.79 Å². The Morgan fingerprint density at radius 1 is 1.43 bits per heavy atom. The summed E-state index contributed by atoms with van der Waals surface area (Å²) in [4.78, 5) is 11.6. The Morgan fingerprint density at radius 2 is 2.07 bits per heavy atom. The van der Waals surface area contributed by atoms with Gasteiger partial charge in [0.05, 0.1) is 6.61 Å². The minimum absolute atomic E-state index is 0.279. The van der Waals surface area contributed by atoms with Crippen LogP contribution >= 0.6 is 0 Å². The molecule has 74 valence electrons. The van der Waals surface area contributed by atoms with Crippen LogP contribution in [-0.2, 0) is 4.74 Å². The maximum absolute atomic E-state index is 11.6. The summed E-state index contributed by atoms with van der Waals surface area (Å²) in [6, 6.07) is 8.52. The van der Waals surface area contributed by atoms with Gasteiger partial charge in [-0.25, -0.2) is 0 Å². The van der Waals surface area contributed by atoms with Gasteiger partial charge >= 0.3 is 0 Å². The van der Waals surface area contributed by atoms with Gasteiger partial charge in [0, 0.05) is 5.56 Å². The van der Waals surface area contributed by atoms with E-state index < -0.39 is 5.78 Å². The van der Waals surface area contributed by atoms with Crippen molar-refractivity contribution in [2.24, 2.45) is 5.16 Å². The number of carbonyl (C=O) groups is 1. The molecule has 0 heterocycles. The van der Waals surface area contributed by atoms with Gasteiger partial charge in [0.2, 0.25) is 0 Å². The van der Waals surface area contributed by atoms with E-state index in [1.54, 1.807) is 37.3 Å². The first-order valence-corrected chi connectivity index (χ1v) is 4.24. The minimum Gasteiger partial charge on any atom is -0.473 e. The van der Waals surface area contributed by atoms with E-state index in [1.165, 1.54) is 0 Å². The molecule has 0 spiro atoms. The van der Waals surface area contributed by atoms with Gasteiger partial charge in [-0.05, 0) is 12.1 Å². The molecule has 0 bridgehead atoms. The molecule has 0 aromatic heterocycles. The molecule has 0 fully saturated rings. The van der Waals surface area contributed by atoms with Crippen LogP contribution < -0.4 is 0 Å². The van der Waals surface area contributed by atoms with E-state index >= 15 is 0 Å². The fourth-order valence-corrected chi connectivity index (χ4v) is 0.990. The van der Waals surface area contributed by atoms with Crippen LogP contribution in [0.3, 0.4) is 0 Å². The van der Waals surface area contributed by atoms with Crippen LogP contribution in [-0.4, -0.2) is 23.5 Å². The van der Waals surface area contributed by atoms with E-state index in [0.29, 0.717) is 5.56 Å². The summed E-state index contributed by atoms with van der Waals surface area (Å²) in [6.45, 7) is 2.00. The van der Waals surface area contributed by atoms with Gasteiger partial charge < -0.3 is 9.94 Å². The largest absolute Gasteiger partial charge is 0.473 e. The fraction of sp³-hybridized carbons (Fsp3) is 0.200. The van der Waals surface area contributed by atoms with Crippen molar-refractivity contribution in [1.29, 1.82) is 0 Å². The Labute approximate surface area is 81.8 Å². The molecule has 4 nitrogen and oxygen atoms in total. The Morgan fingerprint density at radius 3 is 2.57 bits per heavy atom. The summed E-state index contributed by atoms with van der Waals surface area (Å²) < 4.78 is 4.86. The molecular weight excluding hydrogens is 182 g/mol. The highest BCUT2D eigenvalue weighted by molar-refractivity contribution is 6.42. The summed E-state index contributed by atoms with van der Waals surface area (Å²) >= 11 is 0. The molecule has 0 saturated heterocycles. The first-order valence-electron chi connectivity index (χ1n) is 4.24. The number of hydrogen-bond acceptors (Lipinski definition) is 4. The molecule has 0 atom stereocenters. The maximum atomic E-state index is 11.6. The number of carbonyl (C=O) groups excluding carboxylic acids is 1. The number of benzene rings is 1. The summed E-state index contributed by atoms with van der Waals surface area (Å²) in [5.74, 6) is -0.700. The number of nitrogens with zero attached hydrogens (tertiary/aromatic N) is 1. The second kappa shape index (κ2) is 5.01. The molecule has 0 saturated carbocycles. The molecule has 1 aromatic rings. The van der Waals surface area contributed by atoms with Crippen LogP contribution in [0.1, 0.15) is 17.3 Å². The molecule has 0 aliphatic heterocycles. The molecule has 0 amide bonds. The molecule has 1 rings (SSSR count). The van der Waals surface area contributed by atoms with Crippen molar-refractivity contribution >= 4 is 11.7 Å². The predicted octanol–water partition coefficient (Wildman–Crippen LogP) is 1.69. The van der Waals surface area contributed by atoms with E-state index in [2.05, 4.69) is 5.16 Å². The molecule has 0 unspecified atom stereocenters. The number of rotatable bonds is 3. The zero-order chi connectivity index (χ0) is 10.4. The predicted molar refractivity (Wildman–Crippen MR) is 51.6 cm³/mol. The third kappa shape index (κ3) is 2.32. The zero-order valence-electron chi connectivity index (χ0n) is 7.80. The van der Waals surface area contributed by atoms with Gasteiger partial charge in [-0.2, -0.15) is 0 Å². The highest BCUT2D eigenvalue weighted by Crippen LogP contribution is 2.02. The molecule has 1 aromatic carbocycles. The Kier molecular flexibility index (Phi) is 3.67. The van der Waals surface area contributed by atoms with Crippen molar-refractivity contribution in [3.8, 4) is 0 Å². The van der Waals surface area contributed by atoms with Crippen LogP contribution in [0.2, 0.25) is 0 Å². The molecule has 0 aliphatic rings. The smallest absolute Gasteiger partial charge is 0.299 e. The molecule has 0 aliphatic carbocycles. The van der Waals surface area contributed by atoms with Crippen molar-refractivity contribution in [3.05, 3.63) is 35.9 Å². The SMILES string of the molecule is CCOC(=NO)C(=O)c1ccccc1. The highest BCUT2D eigenvalue weighted by Gasteiger charge is 2.14. The second-order valence-electron chi connectivity index (χ2n) is 2.53. The lowest BCUT2D eigenvalue weighted by atomic mass is 10.1. The quantitative estimate of drug-likeness (QED) is 0.261. The number of Topliss-reactive ketones (excluding diaryl/α,β-unsaturated/α-hetero) is 1. The van der Waals surface area contributed by atoms with E-state index in [4.69, 9.17) is 9.94 Å². The van der Waals surface area contributed by atoms with Gasteiger partial charge in [-0.1, -0.05) is 30.3 Å².